The highest BCUT2D eigenvalue weighted by molar-refractivity contribution is 9.11. The first kappa shape index (κ1) is 22.3. The lowest BCUT2D eigenvalue weighted by molar-refractivity contribution is -0.138. The SMILES string of the molecule is CCOC(=O)N[C@@H](C(=O)N1CCC[C@H]1C(=O)Nc1cn2cc(Br)sc2n1)c1ccccc1. The van der Waals surface area contributed by atoms with Gasteiger partial charge in [0, 0.05) is 12.7 Å². The van der Waals surface area contributed by atoms with E-state index >= 15 is 0 Å². The number of nitrogens with zero attached hydrogens (tertiary/aromatic N) is 3. The Labute approximate surface area is 196 Å². The summed E-state index contributed by atoms with van der Waals surface area (Å²) in [4.78, 5) is 45.2. The molecule has 11 heteroatoms. The number of fused-ring (bicyclic) bond motifs is 1. The smallest absolute Gasteiger partial charge is 0.408 e. The molecule has 0 unspecified atom stereocenters. The minimum atomic E-state index is -0.945. The maximum atomic E-state index is 13.4. The number of halogens is 1. The predicted octanol–water partition coefficient (Wildman–Crippen LogP) is 3.58. The molecule has 0 spiro atoms. The summed E-state index contributed by atoms with van der Waals surface area (Å²) in [6.07, 6.45) is 4.13. The maximum absolute atomic E-state index is 13.4. The molecule has 168 valence electrons. The molecular formula is C21H22BrN5O4S. The van der Waals surface area contributed by atoms with Crippen molar-refractivity contribution in [1.82, 2.24) is 19.6 Å². The molecule has 9 nitrogen and oxygen atoms in total. The predicted molar refractivity (Wildman–Crippen MR) is 123 cm³/mol. The van der Waals surface area contributed by atoms with E-state index in [0.29, 0.717) is 30.8 Å². The highest BCUT2D eigenvalue weighted by Crippen LogP contribution is 2.27. The van der Waals surface area contributed by atoms with Gasteiger partial charge in [0.2, 0.25) is 5.91 Å². The van der Waals surface area contributed by atoms with Crippen molar-refractivity contribution in [3.63, 3.8) is 0 Å². The largest absolute Gasteiger partial charge is 0.450 e. The number of rotatable bonds is 6. The van der Waals surface area contributed by atoms with Crippen molar-refractivity contribution in [2.45, 2.75) is 31.8 Å². The number of anilines is 1. The lowest BCUT2D eigenvalue weighted by Gasteiger charge is -2.28. The molecule has 1 aliphatic heterocycles. The number of alkyl carbamates (subject to hydrolysis) is 1. The fourth-order valence-electron chi connectivity index (χ4n) is 3.73. The van der Waals surface area contributed by atoms with Crippen LogP contribution < -0.4 is 10.6 Å². The second kappa shape index (κ2) is 9.70. The van der Waals surface area contributed by atoms with Gasteiger partial charge in [-0.25, -0.2) is 9.78 Å². The Hall–Kier alpha value is -2.92. The van der Waals surface area contributed by atoms with Crippen LogP contribution in [0.5, 0.6) is 0 Å². The van der Waals surface area contributed by atoms with Crippen LogP contribution in [0.1, 0.15) is 31.4 Å². The van der Waals surface area contributed by atoms with Gasteiger partial charge in [-0.3, -0.25) is 14.0 Å². The third-order valence-electron chi connectivity index (χ3n) is 5.13. The van der Waals surface area contributed by atoms with Gasteiger partial charge in [-0.1, -0.05) is 41.7 Å². The monoisotopic (exact) mass is 519 g/mol. The number of hydrogen-bond acceptors (Lipinski definition) is 6. The van der Waals surface area contributed by atoms with E-state index in [2.05, 4.69) is 31.5 Å². The average molecular weight is 520 g/mol. The number of carbonyl (C=O) groups excluding carboxylic acids is 3. The lowest BCUT2D eigenvalue weighted by Crippen LogP contribution is -2.48. The molecule has 0 saturated carbocycles. The highest BCUT2D eigenvalue weighted by atomic mass is 79.9. The van der Waals surface area contributed by atoms with Crippen LogP contribution in [-0.4, -0.2) is 51.4 Å². The molecule has 32 heavy (non-hydrogen) atoms. The second-order valence-electron chi connectivity index (χ2n) is 7.24. The Balaban J connectivity index is 1.51. The molecule has 2 aromatic heterocycles. The second-order valence-corrected chi connectivity index (χ2v) is 9.63. The van der Waals surface area contributed by atoms with Gasteiger partial charge in [-0.05, 0) is 41.3 Å². The first-order valence-corrected chi connectivity index (χ1v) is 11.8. The van der Waals surface area contributed by atoms with Crippen molar-refractivity contribution in [3.8, 4) is 0 Å². The number of hydrogen-bond donors (Lipinski definition) is 2. The number of ether oxygens (including phenoxy) is 1. The fourth-order valence-corrected chi connectivity index (χ4v) is 5.08. The molecule has 3 amide bonds. The molecule has 3 aromatic rings. The van der Waals surface area contributed by atoms with E-state index in [1.54, 1.807) is 37.4 Å². The molecule has 1 fully saturated rings. The van der Waals surface area contributed by atoms with E-state index in [1.165, 1.54) is 16.2 Å². The van der Waals surface area contributed by atoms with Crippen LogP contribution in [0.25, 0.3) is 4.96 Å². The molecule has 0 aliphatic carbocycles. The van der Waals surface area contributed by atoms with Gasteiger partial charge in [0.1, 0.15) is 12.1 Å². The van der Waals surface area contributed by atoms with Gasteiger partial charge >= 0.3 is 6.09 Å². The zero-order valence-electron chi connectivity index (χ0n) is 17.3. The summed E-state index contributed by atoms with van der Waals surface area (Å²) in [5.74, 6) is -0.224. The quantitative estimate of drug-likeness (QED) is 0.517. The molecule has 1 saturated heterocycles. The fraction of sp³-hybridized carbons (Fsp3) is 0.333. The number of aromatic nitrogens is 2. The molecule has 1 aromatic carbocycles. The molecule has 4 rings (SSSR count). The summed E-state index contributed by atoms with van der Waals surface area (Å²) < 4.78 is 7.73. The van der Waals surface area contributed by atoms with Crippen LogP contribution in [0.15, 0.2) is 46.5 Å². The normalized spacial score (nSPS) is 16.7. The minimum absolute atomic E-state index is 0.189. The molecule has 0 bridgehead atoms. The van der Waals surface area contributed by atoms with Crippen molar-refractivity contribution in [3.05, 3.63) is 52.1 Å². The van der Waals surface area contributed by atoms with Crippen LogP contribution in [0.2, 0.25) is 0 Å². The van der Waals surface area contributed by atoms with Gasteiger partial charge in [0.05, 0.1) is 16.6 Å². The van der Waals surface area contributed by atoms with E-state index in [1.807, 2.05) is 16.7 Å². The van der Waals surface area contributed by atoms with Crippen LogP contribution in [-0.2, 0) is 14.3 Å². The van der Waals surface area contributed by atoms with E-state index < -0.39 is 18.2 Å². The Morgan fingerprint density at radius 3 is 2.78 bits per heavy atom. The summed E-state index contributed by atoms with van der Waals surface area (Å²) in [7, 11) is 0. The number of benzene rings is 1. The summed E-state index contributed by atoms with van der Waals surface area (Å²) in [6, 6.07) is 7.34. The number of imidazole rings is 1. The molecule has 0 radical (unpaired) electrons. The van der Waals surface area contributed by atoms with Gasteiger partial charge < -0.3 is 20.3 Å². The van der Waals surface area contributed by atoms with E-state index in [9.17, 15) is 14.4 Å². The Bertz CT molecular complexity index is 1100. The number of nitrogens with one attached hydrogen (secondary N) is 2. The third-order valence-corrected chi connectivity index (χ3v) is 6.61. The molecule has 2 atom stereocenters. The Morgan fingerprint density at radius 1 is 1.28 bits per heavy atom. The number of likely N-dealkylation sites (tertiary alicyclic amines) is 1. The van der Waals surface area contributed by atoms with E-state index in [4.69, 9.17) is 4.74 Å². The van der Waals surface area contributed by atoms with Crippen molar-refractivity contribution >= 4 is 56.0 Å². The van der Waals surface area contributed by atoms with Crippen LogP contribution >= 0.6 is 27.3 Å². The Morgan fingerprint density at radius 2 is 2.06 bits per heavy atom. The average Bonchev–Trinajstić information content (AvgIpc) is 3.47. The van der Waals surface area contributed by atoms with E-state index in [-0.39, 0.29) is 18.4 Å². The number of carbonyl (C=O) groups is 3. The molecule has 3 heterocycles. The topological polar surface area (TPSA) is 105 Å². The standard InChI is InChI=1S/C21H22BrN5O4S/c1-2-31-21(30)25-17(13-7-4-3-5-8-13)19(29)27-10-6-9-14(27)18(28)23-16-12-26-11-15(22)32-20(26)24-16/h3-5,7-8,11-12,14,17H,2,6,9-10H2,1H3,(H,23,28)(H,25,30)/t14-,17+/m0/s1. The van der Waals surface area contributed by atoms with Crippen molar-refractivity contribution in [2.24, 2.45) is 0 Å². The zero-order valence-corrected chi connectivity index (χ0v) is 19.7. The van der Waals surface area contributed by atoms with Crippen molar-refractivity contribution in [1.29, 1.82) is 0 Å². The first-order valence-electron chi connectivity index (χ1n) is 10.2. The molecule has 2 N–H and O–H groups in total. The number of amides is 3. The van der Waals surface area contributed by atoms with Gasteiger partial charge in [-0.15, -0.1) is 0 Å². The van der Waals surface area contributed by atoms with Crippen LogP contribution in [0, 0.1) is 0 Å². The maximum Gasteiger partial charge on any atom is 0.408 e. The van der Waals surface area contributed by atoms with Crippen molar-refractivity contribution in [2.75, 3.05) is 18.5 Å². The summed E-state index contributed by atoms with van der Waals surface area (Å²) in [5.41, 5.74) is 0.622. The summed E-state index contributed by atoms with van der Waals surface area (Å²) in [5, 5.41) is 5.45. The summed E-state index contributed by atoms with van der Waals surface area (Å²) in [6.45, 7) is 2.31. The van der Waals surface area contributed by atoms with Gasteiger partial charge in [0.25, 0.3) is 5.91 Å². The van der Waals surface area contributed by atoms with Crippen molar-refractivity contribution < 1.29 is 19.1 Å². The lowest BCUT2D eigenvalue weighted by atomic mass is 10.0. The minimum Gasteiger partial charge on any atom is -0.450 e. The van der Waals surface area contributed by atoms with E-state index in [0.717, 1.165) is 8.75 Å². The molecule has 1 aliphatic rings. The number of thiazole rings is 1. The highest BCUT2D eigenvalue weighted by Gasteiger charge is 2.38. The van der Waals surface area contributed by atoms with Gasteiger partial charge in [0.15, 0.2) is 10.8 Å². The zero-order chi connectivity index (χ0) is 22.7. The Kier molecular flexibility index (Phi) is 6.75. The first-order chi connectivity index (χ1) is 15.5. The van der Waals surface area contributed by atoms with Crippen LogP contribution in [0.4, 0.5) is 10.6 Å². The van der Waals surface area contributed by atoms with Gasteiger partial charge in [-0.2, -0.15) is 0 Å². The third kappa shape index (κ3) is 4.78. The summed E-state index contributed by atoms with van der Waals surface area (Å²) >= 11 is 4.85. The molecular weight excluding hydrogens is 498 g/mol. The van der Waals surface area contributed by atoms with Crippen LogP contribution in [0.3, 0.4) is 0 Å².